The molecule has 1 aromatic rings. The minimum absolute atomic E-state index is 0.116. The largest absolute Gasteiger partial charge is 0.377 e. The Balaban J connectivity index is 2.92. The van der Waals surface area contributed by atoms with E-state index in [2.05, 4.69) is 21.2 Å². The summed E-state index contributed by atoms with van der Waals surface area (Å²) in [4.78, 5) is 0. The van der Waals surface area contributed by atoms with Crippen LogP contribution in [0.3, 0.4) is 0 Å². The molecule has 0 saturated carbocycles. The van der Waals surface area contributed by atoms with E-state index in [1.807, 2.05) is 27.0 Å². The van der Waals surface area contributed by atoms with Crippen molar-refractivity contribution < 1.29 is 9.13 Å². The summed E-state index contributed by atoms with van der Waals surface area (Å²) in [6.07, 6.45) is 0.704. The van der Waals surface area contributed by atoms with Crippen LogP contribution in [0.25, 0.3) is 0 Å². The molecule has 2 nitrogen and oxygen atoms in total. The first-order valence-electron chi connectivity index (χ1n) is 5.57. The van der Waals surface area contributed by atoms with Gasteiger partial charge in [0, 0.05) is 13.2 Å². The second-order valence-electron chi connectivity index (χ2n) is 4.57. The van der Waals surface area contributed by atoms with Gasteiger partial charge in [-0.3, -0.25) is 0 Å². The standard InChI is InChI=1S/C13H19BrFNO/c1-13(2,17-4)11(16-3)8-9-6-5-7-10(15)12(9)14/h5-7,11,16H,8H2,1-4H3. The van der Waals surface area contributed by atoms with E-state index in [-0.39, 0.29) is 17.5 Å². The topological polar surface area (TPSA) is 21.3 Å². The van der Waals surface area contributed by atoms with Gasteiger partial charge in [0.25, 0.3) is 0 Å². The SMILES string of the molecule is CNC(Cc1cccc(F)c1Br)C(C)(C)OC. The first-order valence-corrected chi connectivity index (χ1v) is 6.37. The maximum Gasteiger partial charge on any atom is 0.137 e. The Bertz CT molecular complexity index is 382. The lowest BCUT2D eigenvalue weighted by Gasteiger charge is -2.33. The first kappa shape index (κ1) is 14.6. The van der Waals surface area contributed by atoms with Crippen LogP contribution < -0.4 is 5.32 Å². The van der Waals surface area contributed by atoms with Crippen molar-refractivity contribution in [2.45, 2.75) is 31.9 Å². The molecule has 1 N–H and O–H groups in total. The maximum absolute atomic E-state index is 13.4. The Labute approximate surface area is 111 Å². The smallest absolute Gasteiger partial charge is 0.137 e. The van der Waals surface area contributed by atoms with Crippen LogP contribution in [0.1, 0.15) is 19.4 Å². The van der Waals surface area contributed by atoms with E-state index in [4.69, 9.17) is 4.74 Å². The molecular formula is C13H19BrFNO. The molecular weight excluding hydrogens is 285 g/mol. The fourth-order valence-electron chi connectivity index (χ4n) is 1.76. The highest BCUT2D eigenvalue weighted by Crippen LogP contribution is 2.25. The lowest BCUT2D eigenvalue weighted by Crippen LogP contribution is -2.48. The fraction of sp³-hybridized carbons (Fsp3) is 0.538. The van der Waals surface area contributed by atoms with Crippen LogP contribution in [0.15, 0.2) is 22.7 Å². The zero-order chi connectivity index (χ0) is 13.1. The summed E-state index contributed by atoms with van der Waals surface area (Å²) in [5, 5.41) is 3.22. The third-order valence-electron chi connectivity index (χ3n) is 3.17. The normalized spacial score (nSPS) is 13.8. The van der Waals surface area contributed by atoms with E-state index >= 15 is 0 Å². The summed E-state index contributed by atoms with van der Waals surface area (Å²) in [5.74, 6) is -0.229. The second kappa shape index (κ2) is 5.94. The number of benzene rings is 1. The lowest BCUT2D eigenvalue weighted by molar-refractivity contribution is -0.00803. The third-order valence-corrected chi connectivity index (χ3v) is 4.06. The van der Waals surface area contributed by atoms with E-state index in [9.17, 15) is 4.39 Å². The Morgan fingerprint density at radius 3 is 2.65 bits per heavy atom. The summed E-state index contributed by atoms with van der Waals surface area (Å²) in [5.41, 5.74) is 0.634. The Morgan fingerprint density at radius 1 is 1.47 bits per heavy atom. The van der Waals surface area contributed by atoms with Crippen LogP contribution in [-0.2, 0) is 11.2 Å². The van der Waals surface area contributed by atoms with E-state index in [1.54, 1.807) is 13.2 Å². The lowest BCUT2D eigenvalue weighted by atomic mass is 9.92. The number of ether oxygens (including phenoxy) is 1. The van der Waals surface area contributed by atoms with Crippen molar-refractivity contribution in [1.82, 2.24) is 5.32 Å². The Hall–Kier alpha value is -0.450. The molecule has 0 aliphatic rings. The van der Waals surface area contributed by atoms with Gasteiger partial charge in [0.15, 0.2) is 0 Å². The molecule has 0 spiro atoms. The summed E-state index contributed by atoms with van der Waals surface area (Å²) in [6.45, 7) is 4.03. The van der Waals surface area contributed by atoms with Gasteiger partial charge in [-0.25, -0.2) is 4.39 Å². The summed E-state index contributed by atoms with van der Waals surface area (Å²) < 4.78 is 19.4. The zero-order valence-corrected chi connectivity index (χ0v) is 12.3. The molecule has 1 atom stereocenters. The summed E-state index contributed by atoms with van der Waals surface area (Å²) in [7, 11) is 3.57. The van der Waals surface area contributed by atoms with Crippen LogP contribution in [0.2, 0.25) is 0 Å². The minimum atomic E-state index is -0.305. The van der Waals surface area contributed by atoms with Crippen molar-refractivity contribution in [1.29, 1.82) is 0 Å². The van der Waals surface area contributed by atoms with E-state index in [0.717, 1.165) is 5.56 Å². The average Bonchev–Trinajstić information content (AvgIpc) is 2.30. The molecule has 0 heterocycles. The number of hydrogen-bond acceptors (Lipinski definition) is 2. The first-order chi connectivity index (χ1) is 7.92. The van der Waals surface area contributed by atoms with Crippen LogP contribution in [0, 0.1) is 5.82 Å². The molecule has 0 aliphatic heterocycles. The third kappa shape index (κ3) is 3.50. The molecule has 0 aromatic heterocycles. The monoisotopic (exact) mass is 303 g/mol. The van der Waals surface area contributed by atoms with Crippen LogP contribution >= 0.6 is 15.9 Å². The van der Waals surface area contributed by atoms with Crippen molar-refractivity contribution in [2.75, 3.05) is 14.2 Å². The van der Waals surface area contributed by atoms with E-state index < -0.39 is 0 Å². The molecule has 1 unspecified atom stereocenters. The quantitative estimate of drug-likeness (QED) is 0.902. The Morgan fingerprint density at radius 2 is 2.12 bits per heavy atom. The molecule has 0 saturated heterocycles. The molecule has 0 aliphatic carbocycles. The Kier molecular flexibility index (Phi) is 5.10. The number of likely N-dealkylation sites (N-methyl/N-ethyl adjacent to an activating group) is 1. The van der Waals surface area contributed by atoms with Gasteiger partial charge in [-0.05, 0) is 54.9 Å². The van der Waals surface area contributed by atoms with Gasteiger partial charge < -0.3 is 10.1 Å². The van der Waals surface area contributed by atoms with E-state index in [1.165, 1.54) is 6.07 Å². The van der Waals surface area contributed by atoms with Crippen LogP contribution in [0.5, 0.6) is 0 Å². The number of halogens is 2. The van der Waals surface area contributed by atoms with Crippen molar-refractivity contribution in [3.63, 3.8) is 0 Å². The molecule has 4 heteroatoms. The molecule has 1 aromatic carbocycles. The number of methoxy groups -OCH3 is 1. The molecule has 96 valence electrons. The minimum Gasteiger partial charge on any atom is -0.377 e. The predicted octanol–water partition coefficient (Wildman–Crippen LogP) is 3.14. The van der Waals surface area contributed by atoms with Gasteiger partial charge in [0.2, 0.25) is 0 Å². The highest BCUT2D eigenvalue weighted by atomic mass is 79.9. The molecule has 0 bridgehead atoms. The molecule has 0 amide bonds. The van der Waals surface area contributed by atoms with Crippen molar-refractivity contribution >= 4 is 15.9 Å². The van der Waals surface area contributed by atoms with Crippen molar-refractivity contribution in [3.05, 3.63) is 34.1 Å². The van der Waals surface area contributed by atoms with Crippen LogP contribution in [0.4, 0.5) is 4.39 Å². The van der Waals surface area contributed by atoms with Gasteiger partial charge in [0.05, 0.1) is 10.1 Å². The number of rotatable bonds is 5. The summed E-state index contributed by atoms with van der Waals surface area (Å²) in [6, 6.07) is 5.21. The highest BCUT2D eigenvalue weighted by Gasteiger charge is 2.28. The van der Waals surface area contributed by atoms with Gasteiger partial charge in [-0.1, -0.05) is 12.1 Å². The van der Waals surface area contributed by atoms with Gasteiger partial charge in [0.1, 0.15) is 5.82 Å². The molecule has 17 heavy (non-hydrogen) atoms. The number of hydrogen-bond donors (Lipinski definition) is 1. The highest BCUT2D eigenvalue weighted by molar-refractivity contribution is 9.10. The summed E-state index contributed by atoms with van der Waals surface area (Å²) >= 11 is 3.28. The molecule has 1 rings (SSSR count). The van der Waals surface area contributed by atoms with Crippen molar-refractivity contribution in [2.24, 2.45) is 0 Å². The van der Waals surface area contributed by atoms with Gasteiger partial charge in [-0.15, -0.1) is 0 Å². The van der Waals surface area contributed by atoms with E-state index in [0.29, 0.717) is 10.9 Å². The van der Waals surface area contributed by atoms with Gasteiger partial charge >= 0.3 is 0 Å². The fourth-order valence-corrected chi connectivity index (χ4v) is 2.19. The maximum atomic E-state index is 13.4. The van der Waals surface area contributed by atoms with Gasteiger partial charge in [-0.2, -0.15) is 0 Å². The van der Waals surface area contributed by atoms with Crippen LogP contribution in [-0.4, -0.2) is 25.8 Å². The second-order valence-corrected chi connectivity index (χ2v) is 5.36. The van der Waals surface area contributed by atoms with Crippen molar-refractivity contribution in [3.8, 4) is 0 Å². The molecule has 0 fully saturated rings. The molecule has 0 radical (unpaired) electrons. The zero-order valence-electron chi connectivity index (χ0n) is 10.7. The predicted molar refractivity (Wildman–Crippen MR) is 71.7 cm³/mol. The average molecular weight is 304 g/mol. The number of nitrogens with one attached hydrogen (secondary N) is 1.